The lowest BCUT2D eigenvalue weighted by atomic mass is 10.0. The van der Waals surface area contributed by atoms with Gasteiger partial charge in [0.1, 0.15) is 0 Å². The van der Waals surface area contributed by atoms with E-state index in [1.807, 2.05) is 65.6 Å². The zero-order valence-electron chi connectivity index (χ0n) is 20.2. The molecule has 182 valence electrons. The number of ether oxygens (including phenoxy) is 2. The molecule has 2 N–H and O–H groups in total. The van der Waals surface area contributed by atoms with Crippen LogP contribution in [0.2, 0.25) is 0 Å². The van der Waals surface area contributed by atoms with Gasteiger partial charge < -0.3 is 20.1 Å². The van der Waals surface area contributed by atoms with Crippen molar-refractivity contribution in [3.05, 3.63) is 89.5 Å². The van der Waals surface area contributed by atoms with Crippen LogP contribution in [0, 0.1) is 0 Å². The van der Waals surface area contributed by atoms with Crippen LogP contribution in [0.5, 0.6) is 11.5 Å². The Balaban J connectivity index is 1.55. The lowest BCUT2D eigenvalue weighted by molar-refractivity contribution is 0.0731. The largest absolute Gasteiger partial charge is 0.493 e. The van der Waals surface area contributed by atoms with E-state index in [0.717, 1.165) is 34.9 Å². The minimum atomic E-state index is -0.470. The first-order chi connectivity index (χ1) is 17.5. The summed E-state index contributed by atoms with van der Waals surface area (Å²) >= 11 is 0. The number of hydrogen-bond donors (Lipinski definition) is 1. The minimum absolute atomic E-state index is 0.0446. The maximum atomic E-state index is 14.0. The molecule has 1 aromatic heterocycles. The molecule has 0 aliphatic heterocycles. The van der Waals surface area contributed by atoms with Crippen LogP contribution in [-0.4, -0.2) is 42.0 Å². The van der Waals surface area contributed by atoms with E-state index in [4.69, 9.17) is 20.2 Å². The van der Waals surface area contributed by atoms with Gasteiger partial charge >= 0.3 is 0 Å². The van der Waals surface area contributed by atoms with Gasteiger partial charge in [-0.15, -0.1) is 0 Å². The Hall–Kier alpha value is -4.39. The molecule has 7 nitrogen and oxygen atoms in total. The van der Waals surface area contributed by atoms with Crippen molar-refractivity contribution in [3.8, 4) is 22.8 Å². The summed E-state index contributed by atoms with van der Waals surface area (Å²) in [4.78, 5) is 32.2. The maximum absolute atomic E-state index is 14.0. The van der Waals surface area contributed by atoms with Gasteiger partial charge in [-0.2, -0.15) is 0 Å². The smallest absolute Gasteiger partial charge is 0.255 e. The third-order valence-electron chi connectivity index (χ3n) is 6.47. The van der Waals surface area contributed by atoms with E-state index in [1.54, 1.807) is 26.4 Å². The maximum Gasteiger partial charge on any atom is 0.255 e. The van der Waals surface area contributed by atoms with Crippen LogP contribution in [0.1, 0.15) is 39.1 Å². The highest BCUT2D eigenvalue weighted by atomic mass is 16.5. The predicted octanol–water partition coefficient (Wildman–Crippen LogP) is 4.82. The molecule has 1 heterocycles. The normalized spacial score (nSPS) is 12.8. The standard InChI is InChI=1S/C29H27N3O4/c1-35-26-14-11-20(15-27(26)36-2)25-16-23(22-5-3-4-6-24(22)31-25)29(34)32(21-12-13-21)17-18-7-9-19(10-8-18)28(30)33/h3-11,14-16,21H,12-13,17H2,1-2H3,(H2,30,33). The van der Waals surface area contributed by atoms with E-state index < -0.39 is 5.91 Å². The molecule has 0 saturated heterocycles. The van der Waals surface area contributed by atoms with Crippen molar-refractivity contribution in [1.29, 1.82) is 0 Å². The van der Waals surface area contributed by atoms with Crippen LogP contribution >= 0.6 is 0 Å². The van der Waals surface area contributed by atoms with Crippen molar-refractivity contribution >= 4 is 22.7 Å². The van der Waals surface area contributed by atoms with Crippen LogP contribution in [0.4, 0.5) is 0 Å². The van der Waals surface area contributed by atoms with Crippen molar-refractivity contribution in [1.82, 2.24) is 9.88 Å². The zero-order valence-corrected chi connectivity index (χ0v) is 20.2. The number of nitrogens with zero attached hydrogens (tertiary/aromatic N) is 2. The van der Waals surface area contributed by atoms with Gasteiger partial charge in [-0.3, -0.25) is 9.59 Å². The summed E-state index contributed by atoms with van der Waals surface area (Å²) in [5, 5.41) is 0.807. The summed E-state index contributed by atoms with van der Waals surface area (Å²) in [7, 11) is 3.18. The second-order valence-corrected chi connectivity index (χ2v) is 8.87. The molecule has 0 bridgehead atoms. The van der Waals surface area contributed by atoms with Crippen LogP contribution in [0.15, 0.2) is 72.8 Å². The van der Waals surface area contributed by atoms with Crippen LogP contribution < -0.4 is 15.2 Å². The molecule has 0 spiro atoms. The fourth-order valence-corrected chi connectivity index (χ4v) is 4.37. The van der Waals surface area contributed by atoms with E-state index in [9.17, 15) is 9.59 Å². The number of carbonyl (C=O) groups excluding carboxylic acids is 2. The topological polar surface area (TPSA) is 94.8 Å². The predicted molar refractivity (Wildman–Crippen MR) is 138 cm³/mol. The third kappa shape index (κ3) is 4.60. The fourth-order valence-electron chi connectivity index (χ4n) is 4.37. The Kier molecular flexibility index (Phi) is 6.29. The summed E-state index contributed by atoms with van der Waals surface area (Å²) < 4.78 is 10.8. The number of aromatic nitrogens is 1. The number of amides is 2. The minimum Gasteiger partial charge on any atom is -0.493 e. The first-order valence-electron chi connectivity index (χ1n) is 11.8. The number of methoxy groups -OCH3 is 2. The summed E-state index contributed by atoms with van der Waals surface area (Å²) in [6.45, 7) is 0.449. The molecule has 5 rings (SSSR count). The van der Waals surface area contributed by atoms with E-state index in [0.29, 0.717) is 34.9 Å². The van der Waals surface area contributed by atoms with Crippen molar-refractivity contribution < 1.29 is 19.1 Å². The highest BCUT2D eigenvalue weighted by Crippen LogP contribution is 2.35. The molecule has 1 fully saturated rings. The summed E-state index contributed by atoms with van der Waals surface area (Å²) in [6.07, 6.45) is 1.94. The molecule has 4 aromatic rings. The van der Waals surface area contributed by atoms with Crippen LogP contribution in [0.25, 0.3) is 22.2 Å². The number of carbonyl (C=O) groups is 2. The highest BCUT2D eigenvalue weighted by molar-refractivity contribution is 6.07. The molecule has 0 atom stereocenters. The van der Waals surface area contributed by atoms with E-state index in [-0.39, 0.29) is 11.9 Å². The first-order valence-corrected chi connectivity index (χ1v) is 11.8. The number of nitrogens with two attached hydrogens (primary N) is 1. The Bertz CT molecular complexity index is 1450. The van der Waals surface area contributed by atoms with Gasteiger partial charge in [-0.25, -0.2) is 4.98 Å². The van der Waals surface area contributed by atoms with Crippen molar-refractivity contribution in [2.24, 2.45) is 5.73 Å². The quantitative estimate of drug-likeness (QED) is 0.389. The molecule has 0 radical (unpaired) electrons. The van der Waals surface area contributed by atoms with E-state index in [1.165, 1.54) is 0 Å². The number of fused-ring (bicyclic) bond motifs is 1. The Morgan fingerprint density at radius 3 is 2.33 bits per heavy atom. The molecular formula is C29H27N3O4. The van der Waals surface area contributed by atoms with Gasteiger partial charge in [0.25, 0.3) is 5.91 Å². The molecule has 36 heavy (non-hydrogen) atoms. The van der Waals surface area contributed by atoms with Gasteiger partial charge in [-0.1, -0.05) is 30.3 Å². The SMILES string of the molecule is COc1ccc(-c2cc(C(=O)N(Cc3ccc(C(N)=O)cc3)C3CC3)c3ccccc3n2)cc1OC. The molecule has 0 unspecified atom stereocenters. The Labute approximate surface area is 209 Å². The van der Waals surface area contributed by atoms with E-state index >= 15 is 0 Å². The number of pyridine rings is 1. The van der Waals surface area contributed by atoms with Crippen LogP contribution in [0.3, 0.4) is 0 Å². The van der Waals surface area contributed by atoms with Gasteiger partial charge in [0.15, 0.2) is 11.5 Å². The lowest BCUT2D eigenvalue weighted by Gasteiger charge is -2.24. The summed E-state index contributed by atoms with van der Waals surface area (Å²) in [5.74, 6) is 0.705. The number of benzene rings is 3. The lowest BCUT2D eigenvalue weighted by Crippen LogP contribution is -2.33. The van der Waals surface area contributed by atoms with Gasteiger partial charge in [-0.05, 0) is 60.9 Å². The monoisotopic (exact) mass is 481 g/mol. The number of primary amides is 1. The third-order valence-corrected chi connectivity index (χ3v) is 6.47. The van der Waals surface area contributed by atoms with Crippen molar-refractivity contribution in [2.45, 2.75) is 25.4 Å². The summed E-state index contributed by atoms with van der Waals surface area (Å²) in [5.41, 5.74) is 9.62. The second kappa shape index (κ2) is 9.70. The number of hydrogen-bond acceptors (Lipinski definition) is 5. The summed E-state index contributed by atoms with van der Waals surface area (Å²) in [6, 6.07) is 22.4. The van der Waals surface area contributed by atoms with Crippen molar-refractivity contribution in [2.75, 3.05) is 14.2 Å². The molecule has 7 heteroatoms. The zero-order chi connectivity index (χ0) is 25.2. The molecule has 1 aliphatic carbocycles. The van der Waals surface area contributed by atoms with Gasteiger partial charge in [0.2, 0.25) is 5.91 Å². The number of rotatable bonds is 8. The molecule has 2 amide bonds. The number of para-hydroxylation sites is 1. The first kappa shape index (κ1) is 23.4. The van der Waals surface area contributed by atoms with Gasteiger partial charge in [0.05, 0.1) is 31.0 Å². The van der Waals surface area contributed by atoms with Gasteiger partial charge in [0, 0.05) is 29.1 Å². The highest BCUT2D eigenvalue weighted by Gasteiger charge is 2.34. The molecule has 1 saturated carbocycles. The average Bonchev–Trinajstić information content (AvgIpc) is 3.76. The Morgan fingerprint density at radius 1 is 0.944 bits per heavy atom. The van der Waals surface area contributed by atoms with Crippen LogP contribution in [-0.2, 0) is 6.54 Å². The Morgan fingerprint density at radius 2 is 1.67 bits per heavy atom. The van der Waals surface area contributed by atoms with E-state index in [2.05, 4.69) is 0 Å². The molecule has 1 aliphatic rings. The van der Waals surface area contributed by atoms with Crippen molar-refractivity contribution in [3.63, 3.8) is 0 Å². The average molecular weight is 482 g/mol. The molecule has 3 aromatic carbocycles. The fraction of sp³-hybridized carbons (Fsp3) is 0.207. The molecular weight excluding hydrogens is 454 g/mol. The second-order valence-electron chi connectivity index (χ2n) is 8.87.